The molecule has 12 heteroatoms. The summed E-state index contributed by atoms with van der Waals surface area (Å²) in [5.74, 6) is 0.423. The van der Waals surface area contributed by atoms with Crippen LogP contribution in [0.2, 0.25) is 0 Å². The second-order valence-corrected chi connectivity index (χ2v) is 11.4. The molecule has 0 N–H and O–H groups in total. The zero-order valence-corrected chi connectivity index (χ0v) is 26.3. The van der Waals surface area contributed by atoms with Gasteiger partial charge in [-0.2, -0.15) is 0 Å². The number of esters is 1. The van der Waals surface area contributed by atoms with Gasteiger partial charge in [0.05, 0.1) is 40.5 Å². The van der Waals surface area contributed by atoms with Crippen LogP contribution in [0.1, 0.15) is 36.6 Å². The summed E-state index contributed by atoms with van der Waals surface area (Å²) in [6.45, 7) is 3.88. The number of carbonyl (C=O) groups excluding carboxylic acids is 1. The monoisotopic (exact) mass is 628 g/mol. The van der Waals surface area contributed by atoms with Crippen molar-refractivity contribution in [1.29, 1.82) is 0 Å². The van der Waals surface area contributed by atoms with Crippen LogP contribution in [0.4, 0.5) is 11.4 Å². The van der Waals surface area contributed by atoms with Crippen LogP contribution in [-0.2, 0) is 16.1 Å². The lowest BCUT2D eigenvalue weighted by molar-refractivity contribution is -0.384. The molecule has 232 valence electrons. The van der Waals surface area contributed by atoms with Crippen LogP contribution >= 0.6 is 11.3 Å². The van der Waals surface area contributed by atoms with Crippen molar-refractivity contribution in [1.82, 2.24) is 4.57 Å². The lowest BCUT2D eigenvalue weighted by Crippen LogP contribution is -2.39. The number of ether oxygens (including phenoxy) is 3. The molecule has 0 saturated heterocycles. The fourth-order valence-corrected chi connectivity index (χ4v) is 6.03. The summed E-state index contributed by atoms with van der Waals surface area (Å²) in [5, 5.41) is 10.9. The highest BCUT2D eigenvalue weighted by Crippen LogP contribution is 2.32. The third-order valence-electron chi connectivity index (χ3n) is 7.27. The molecule has 0 fully saturated rings. The molecule has 45 heavy (non-hydrogen) atoms. The fraction of sp³-hybridized carbons (Fsp3) is 0.242. The van der Waals surface area contributed by atoms with Gasteiger partial charge in [0.25, 0.3) is 11.2 Å². The largest absolute Gasteiger partial charge is 0.493 e. The Morgan fingerprint density at radius 2 is 1.80 bits per heavy atom. The molecule has 1 aliphatic heterocycles. The maximum atomic E-state index is 14.0. The van der Waals surface area contributed by atoms with E-state index >= 15 is 0 Å². The summed E-state index contributed by atoms with van der Waals surface area (Å²) < 4.78 is 18.9. The molecule has 4 aromatic rings. The first-order chi connectivity index (χ1) is 21.6. The van der Waals surface area contributed by atoms with E-state index in [4.69, 9.17) is 14.2 Å². The molecule has 5 rings (SSSR count). The SMILES string of the molecule is CCOC(=O)C1=C(C)N=c2s/c(=C\c3ccc(OCc4ccc([N+](=O)[O-])cc4)c(OC)c3)c(=O)n2C1c1ccc(N(C)C)cc1. The number of nitro benzene ring substituents is 1. The van der Waals surface area contributed by atoms with E-state index in [9.17, 15) is 19.7 Å². The zero-order chi connectivity index (χ0) is 32.2. The van der Waals surface area contributed by atoms with E-state index in [1.54, 1.807) is 54.8 Å². The molecule has 2 heterocycles. The van der Waals surface area contributed by atoms with Crippen LogP contribution in [0.3, 0.4) is 0 Å². The van der Waals surface area contributed by atoms with E-state index in [2.05, 4.69) is 4.99 Å². The van der Waals surface area contributed by atoms with Gasteiger partial charge in [-0.25, -0.2) is 9.79 Å². The molecule has 11 nitrogen and oxygen atoms in total. The van der Waals surface area contributed by atoms with Crippen LogP contribution in [0.15, 0.2) is 87.8 Å². The standard InChI is InChI=1S/C33H32N4O7S/c1-6-43-32(39)29-20(2)34-33-36(30(29)23-10-14-24(15-11-23)35(3)4)31(38)28(45-33)18-22-9-16-26(27(17-22)42-5)44-19-21-7-12-25(13-8-21)37(40)41/h7-18,30H,6,19H2,1-5H3/b28-18-. The van der Waals surface area contributed by atoms with E-state index in [-0.39, 0.29) is 24.5 Å². The first-order valence-corrected chi connectivity index (χ1v) is 14.9. The van der Waals surface area contributed by atoms with Gasteiger partial charge in [-0.15, -0.1) is 0 Å². The molecule has 0 radical (unpaired) electrons. The number of hydrogen-bond donors (Lipinski definition) is 0. The molecule has 0 saturated carbocycles. The Morgan fingerprint density at radius 1 is 1.09 bits per heavy atom. The molecule has 0 spiro atoms. The summed E-state index contributed by atoms with van der Waals surface area (Å²) in [4.78, 5) is 44.7. The van der Waals surface area contributed by atoms with Gasteiger partial charge in [0.1, 0.15) is 6.61 Å². The lowest BCUT2D eigenvalue weighted by atomic mass is 9.95. The Bertz CT molecular complexity index is 1960. The van der Waals surface area contributed by atoms with Crippen molar-refractivity contribution in [2.75, 3.05) is 32.7 Å². The third kappa shape index (κ3) is 6.50. The summed E-state index contributed by atoms with van der Waals surface area (Å²) in [6, 6.07) is 18.4. The molecular formula is C33H32N4O7S. The van der Waals surface area contributed by atoms with Crippen LogP contribution in [0.5, 0.6) is 11.5 Å². The van der Waals surface area contributed by atoms with Gasteiger partial charge < -0.3 is 19.1 Å². The lowest BCUT2D eigenvalue weighted by Gasteiger charge is -2.25. The maximum absolute atomic E-state index is 14.0. The summed E-state index contributed by atoms with van der Waals surface area (Å²) in [7, 11) is 5.41. The highest BCUT2D eigenvalue weighted by atomic mass is 32.1. The quantitative estimate of drug-likeness (QED) is 0.144. The third-order valence-corrected chi connectivity index (χ3v) is 8.25. The number of aromatic nitrogens is 1. The average molecular weight is 629 g/mol. The number of fused-ring (bicyclic) bond motifs is 1. The molecule has 1 aliphatic rings. The predicted octanol–water partition coefficient (Wildman–Crippen LogP) is 4.36. The summed E-state index contributed by atoms with van der Waals surface area (Å²) in [6.07, 6.45) is 1.75. The number of benzene rings is 3. The Hall–Kier alpha value is -5.23. The zero-order valence-electron chi connectivity index (χ0n) is 25.5. The summed E-state index contributed by atoms with van der Waals surface area (Å²) in [5.41, 5.74) is 3.76. The van der Waals surface area contributed by atoms with Crippen molar-refractivity contribution in [3.8, 4) is 11.5 Å². The number of carbonyl (C=O) groups is 1. The van der Waals surface area contributed by atoms with Gasteiger partial charge in [0.2, 0.25) is 0 Å². The van der Waals surface area contributed by atoms with Gasteiger partial charge in [-0.3, -0.25) is 19.5 Å². The van der Waals surface area contributed by atoms with Gasteiger partial charge in [0, 0.05) is 31.9 Å². The topological polar surface area (TPSA) is 126 Å². The maximum Gasteiger partial charge on any atom is 0.338 e. The number of methoxy groups -OCH3 is 1. The Morgan fingerprint density at radius 3 is 2.42 bits per heavy atom. The van der Waals surface area contributed by atoms with Gasteiger partial charge in [-0.1, -0.05) is 29.5 Å². The number of allylic oxidation sites excluding steroid dienone is 1. The molecule has 0 aliphatic carbocycles. The molecule has 1 aromatic heterocycles. The molecule has 1 unspecified atom stereocenters. The number of anilines is 1. The van der Waals surface area contributed by atoms with Crippen molar-refractivity contribution in [3.05, 3.63) is 124 Å². The number of nitrogens with zero attached hydrogens (tertiary/aromatic N) is 4. The van der Waals surface area contributed by atoms with Crippen molar-refractivity contribution in [2.24, 2.45) is 4.99 Å². The smallest absolute Gasteiger partial charge is 0.338 e. The van der Waals surface area contributed by atoms with Crippen LogP contribution < -0.4 is 29.3 Å². The van der Waals surface area contributed by atoms with Gasteiger partial charge >= 0.3 is 5.97 Å². The predicted molar refractivity (Wildman–Crippen MR) is 172 cm³/mol. The van der Waals surface area contributed by atoms with Crippen molar-refractivity contribution < 1.29 is 23.9 Å². The van der Waals surface area contributed by atoms with E-state index in [1.807, 2.05) is 43.3 Å². The van der Waals surface area contributed by atoms with Crippen LogP contribution in [-0.4, -0.2) is 43.3 Å². The number of thiazole rings is 1. The van der Waals surface area contributed by atoms with Crippen LogP contribution in [0, 0.1) is 10.1 Å². The number of rotatable bonds is 10. The fourth-order valence-electron chi connectivity index (χ4n) is 4.98. The minimum absolute atomic E-state index is 0.00629. The highest BCUT2D eigenvalue weighted by Gasteiger charge is 2.33. The van der Waals surface area contributed by atoms with Gasteiger partial charge in [-0.05, 0) is 73.0 Å². The molecule has 3 aromatic carbocycles. The van der Waals surface area contributed by atoms with Crippen molar-refractivity contribution in [3.63, 3.8) is 0 Å². The first-order valence-electron chi connectivity index (χ1n) is 14.1. The molecule has 0 bridgehead atoms. The first kappa shape index (κ1) is 31.2. The number of nitro groups is 1. The molecular weight excluding hydrogens is 596 g/mol. The number of non-ortho nitro benzene ring substituents is 1. The van der Waals surface area contributed by atoms with E-state index < -0.39 is 16.9 Å². The Kier molecular flexibility index (Phi) is 9.14. The minimum Gasteiger partial charge on any atom is -0.493 e. The average Bonchev–Trinajstić information content (AvgIpc) is 3.33. The van der Waals surface area contributed by atoms with Gasteiger partial charge in [0.15, 0.2) is 16.3 Å². The van der Waals surface area contributed by atoms with E-state index in [0.717, 1.165) is 16.8 Å². The highest BCUT2D eigenvalue weighted by molar-refractivity contribution is 7.07. The number of hydrogen-bond acceptors (Lipinski definition) is 10. The Balaban J connectivity index is 1.50. The van der Waals surface area contributed by atoms with Crippen molar-refractivity contribution in [2.45, 2.75) is 26.5 Å². The summed E-state index contributed by atoms with van der Waals surface area (Å²) >= 11 is 1.24. The van der Waals surface area contributed by atoms with Crippen molar-refractivity contribution >= 4 is 34.8 Å². The second-order valence-electron chi connectivity index (χ2n) is 10.4. The second kappa shape index (κ2) is 13.2. The Labute approximate surface area is 263 Å². The molecule has 0 amide bonds. The van der Waals surface area contributed by atoms with Crippen LogP contribution in [0.25, 0.3) is 6.08 Å². The van der Waals surface area contributed by atoms with E-state index in [1.165, 1.54) is 30.6 Å². The van der Waals surface area contributed by atoms with E-state index in [0.29, 0.717) is 37.7 Å². The minimum atomic E-state index is -0.705. The normalized spacial score (nSPS) is 14.4. The molecule has 1 atom stereocenters.